The molecule has 0 aromatic carbocycles. The fraction of sp³-hybridized carbons (Fsp3) is 0.700. The van der Waals surface area contributed by atoms with Gasteiger partial charge in [0.05, 0.1) is 12.6 Å². The van der Waals surface area contributed by atoms with Gasteiger partial charge >= 0.3 is 0 Å². The molecule has 1 saturated heterocycles. The van der Waals surface area contributed by atoms with Crippen molar-refractivity contribution in [2.45, 2.75) is 25.4 Å². The van der Waals surface area contributed by atoms with Gasteiger partial charge in [-0.25, -0.2) is 0 Å². The summed E-state index contributed by atoms with van der Waals surface area (Å²) in [4.78, 5) is 13.8. The summed E-state index contributed by atoms with van der Waals surface area (Å²) < 4.78 is 1.84. The van der Waals surface area contributed by atoms with Gasteiger partial charge in [-0.3, -0.25) is 4.79 Å². The Bertz CT molecular complexity index is 375. The predicted molar refractivity (Wildman–Crippen MR) is 58.5 cm³/mol. The summed E-state index contributed by atoms with van der Waals surface area (Å²) in [6.07, 6.45) is 3.61. The maximum Gasteiger partial charge on any atom is 0.240 e. The molecule has 1 atom stereocenters. The highest BCUT2D eigenvalue weighted by atomic mass is 16.2. The number of carbonyl (C=O) groups excluding carboxylic acids is 1. The van der Waals surface area contributed by atoms with Gasteiger partial charge in [0.1, 0.15) is 6.33 Å². The molecule has 0 spiro atoms. The van der Waals surface area contributed by atoms with Crippen LogP contribution in [0.1, 0.15) is 18.7 Å². The van der Waals surface area contributed by atoms with Crippen LogP contribution in [0, 0.1) is 0 Å². The normalized spacial score (nSPS) is 21.5. The number of rotatable bonds is 3. The molecular weight excluding hydrogens is 206 g/mol. The second-order valence-electron chi connectivity index (χ2n) is 4.10. The van der Waals surface area contributed by atoms with Gasteiger partial charge in [-0.2, -0.15) is 0 Å². The fourth-order valence-corrected chi connectivity index (χ4v) is 1.99. The molecule has 16 heavy (non-hydrogen) atoms. The molecule has 1 aromatic rings. The minimum absolute atomic E-state index is 0.0398. The molecule has 1 N–H and O–H groups in total. The van der Waals surface area contributed by atoms with Crippen molar-refractivity contribution in [1.29, 1.82) is 0 Å². The van der Waals surface area contributed by atoms with Crippen LogP contribution < -0.4 is 5.32 Å². The summed E-state index contributed by atoms with van der Waals surface area (Å²) in [6.45, 7) is 1.36. The summed E-state index contributed by atoms with van der Waals surface area (Å²) in [6, 6.07) is -0.0398. The van der Waals surface area contributed by atoms with Crippen molar-refractivity contribution in [2.24, 2.45) is 7.05 Å². The summed E-state index contributed by atoms with van der Waals surface area (Å²) in [5, 5.41) is 10.8. The van der Waals surface area contributed by atoms with Crippen LogP contribution in [-0.2, 0) is 18.4 Å². The number of nitrogens with zero attached hydrogens (tertiary/aromatic N) is 4. The van der Waals surface area contributed by atoms with E-state index >= 15 is 0 Å². The highest BCUT2D eigenvalue weighted by molar-refractivity contribution is 5.82. The number of likely N-dealkylation sites (N-methyl/N-ethyl adjacent to an activating group) is 1. The van der Waals surface area contributed by atoms with E-state index in [1.165, 1.54) is 0 Å². The number of aryl methyl sites for hydroxylation is 1. The average Bonchev–Trinajstić information content (AvgIpc) is 2.68. The van der Waals surface area contributed by atoms with Gasteiger partial charge < -0.3 is 14.8 Å². The van der Waals surface area contributed by atoms with Gasteiger partial charge in [-0.15, -0.1) is 10.2 Å². The van der Waals surface area contributed by atoms with E-state index in [9.17, 15) is 4.79 Å². The minimum Gasteiger partial charge on any atom is -0.334 e. The van der Waals surface area contributed by atoms with Gasteiger partial charge in [0.2, 0.25) is 5.91 Å². The first-order valence-electron chi connectivity index (χ1n) is 5.51. The summed E-state index contributed by atoms with van der Waals surface area (Å²) >= 11 is 0. The van der Waals surface area contributed by atoms with Crippen molar-refractivity contribution in [2.75, 3.05) is 13.6 Å². The Hall–Kier alpha value is -1.43. The van der Waals surface area contributed by atoms with E-state index in [-0.39, 0.29) is 11.9 Å². The number of hydrogen-bond acceptors (Lipinski definition) is 4. The van der Waals surface area contributed by atoms with Gasteiger partial charge in [0, 0.05) is 13.6 Å². The lowest BCUT2D eigenvalue weighted by Crippen LogP contribution is -2.49. The molecule has 6 heteroatoms. The first-order valence-corrected chi connectivity index (χ1v) is 5.51. The third kappa shape index (κ3) is 2.06. The Kier molecular flexibility index (Phi) is 3.19. The molecule has 2 rings (SSSR count). The maximum absolute atomic E-state index is 12.0. The molecule has 1 aliphatic heterocycles. The monoisotopic (exact) mass is 223 g/mol. The lowest BCUT2D eigenvalue weighted by molar-refractivity contribution is -0.136. The zero-order valence-corrected chi connectivity index (χ0v) is 9.68. The molecule has 1 aromatic heterocycles. The molecule has 1 amide bonds. The lowest BCUT2D eigenvalue weighted by Gasteiger charge is -2.31. The Morgan fingerprint density at radius 3 is 3.06 bits per heavy atom. The summed E-state index contributed by atoms with van der Waals surface area (Å²) in [7, 11) is 3.72. The highest BCUT2D eigenvalue weighted by Crippen LogP contribution is 2.13. The van der Waals surface area contributed by atoms with Crippen molar-refractivity contribution in [1.82, 2.24) is 25.0 Å². The average molecular weight is 223 g/mol. The third-order valence-corrected chi connectivity index (χ3v) is 3.02. The summed E-state index contributed by atoms with van der Waals surface area (Å²) in [5.74, 6) is 0.988. The number of nitrogens with one attached hydrogen (secondary N) is 1. The van der Waals surface area contributed by atoms with Crippen LogP contribution in [0.3, 0.4) is 0 Å². The van der Waals surface area contributed by atoms with Crippen LogP contribution in [0.25, 0.3) is 0 Å². The van der Waals surface area contributed by atoms with Gasteiger partial charge in [0.15, 0.2) is 5.82 Å². The molecule has 2 heterocycles. The zero-order valence-electron chi connectivity index (χ0n) is 9.68. The quantitative estimate of drug-likeness (QED) is 0.752. The number of likely N-dealkylation sites (tertiary alicyclic amines) is 1. The van der Waals surface area contributed by atoms with Crippen LogP contribution in [0.4, 0.5) is 0 Å². The predicted octanol–water partition coefficient (Wildman–Crippen LogP) is -0.475. The van der Waals surface area contributed by atoms with Crippen LogP contribution in [-0.4, -0.2) is 45.2 Å². The largest absolute Gasteiger partial charge is 0.334 e. The Labute approximate surface area is 94.6 Å². The van der Waals surface area contributed by atoms with E-state index in [4.69, 9.17) is 0 Å². The highest BCUT2D eigenvalue weighted by Gasteiger charge is 2.27. The Balaban J connectivity index is 2.04. The lowest BCUT2D eigenvalue weighted by atomic mass is 10.1. The molecule has 88 valence electrons. The molecular formula is C10H17N5O. The zero-order chi connectivity index (χ0) is 11.5. The number of carbonyl (C=O) groups is 1. The third-order valence-electron chi connectivity index (χ3n) is 3.02. The number of piperidine rings is 1. The van der Waals surface area contributed by atoms with Crippen LogP contribution in [0.15, 0.2) is 6.33 Å². The Morgan fingerprint density at radius 1 is 1.62 bits per heavy atom. The van der Waals surface area contributed by atoms with Gasteiger partial charge in [0.25, 0.3) is 0 Å². The van der Waals surface area contributed by atoms with Crippen molar-refractivity contribution < 1.29 is 4.79 Å². The van der Waals surface area contributed by atoms with Crippen molar-refractivity contribution >= 4 is 5.91 Å². The van der Waals surface area contributed by atoms with Crippen LogP contribution in [0.2, 0.25) is 0 Å². The number of amides is 1. The molecule has 0 radical (unpaired) electrons. The van der Waals surface area contributed by atoms with Crippen LogP contribution >= 0.6 is 0 Å². The maximum atomic E-state index is 12.0. The van der Waals surface area contributed by atoms with Crippen molar-refractivity contribution in [3.05, 3.63) is 12.2 Å². The first kappa shape index (κ1) is 11.1. The Morgan fingerprint density at radius 2 is 2.44 bits per heavy atom. The van der Waals surface area contributed by atoms with E-state index in [0.717, 1.165) is 25.2 Å². The van der Waals surface area contributed by atoms with E-state index in [0.29, 0.717) is 6.54 Å². The smallest absolute Gasteiger partial charge is 0.240 e. The first-order chi connectivity index (χ1) is 7.72. The molecule has 0 aliphatic carbocycles. The second kappa shape index (κ2) is 4.61. The van der Waals surface area contributed by atoms with E-state index < -0.39 is 0 Å². The van der Waals surface area contributed by atoms with Crippen LogP contribution in [0.5, 0.6) is 0 Å². The van der Waals surface area contributed by atoms with E-state index in [2.05, 4.69) is 15.5 Å². The standard InChI is InChI=1S/C10H17N5O/c1-11-8-4-3-5-15(10(8)16)6-9-13-12-7-14(9)2/h7-8,11H,3-6H2,1-2H3. The molecule has 1 fully saturated rings. The SMILES string of the molecule is CNC1CCCN(Cc2nncn2C)C1=O. The molecule has 6 nitrogen and oxygen atoms in total. The van der Waals surface area contributed by atoms with E-state index in [1.54, 1.807) is 6.33 Å². The topological polar surface area (TPSA) is 63.0 Å². The van der Waals surface area contributed by atoms with E-state index in [1.807, 2.05) is 23.6 Å². The second-order valence-corrected chi connectivity index (χ2v) is 4.10. The van der Waals surface area contributed by atoms with Gasteiger partial charge in [-0.05, 0) is 19.9 Å². The fourth-order valence-electron chi connectivity index (χ4n) is 1.99. The summed E-state index contributed by atoms with van der Waals surface area (Å²) in [5.41, 5.74) is 0. The molecule has 1 aliphatic rings. The molecule has 0 saturated carbocycles. The number of hydrogen-bond donors (Lipinski definition) is 1. The van der Waals surface area contributed by atoms with Crippen molar-refractivity contribution in [3.63, 3.8) is 0 Å². The minimum atomic E-state index is -0.0398. The molecule has 1 unspecified atom stereocenters. The van der Waals surface area contributed by atoms with Crippen molar-refractivity contribution in [3.8, 4) is 0 Å². The molecule has 0 bridgehead atoms. The van der Waals surface area contributed by atoms with Gasteiger partial charge in [-0.1, -0.05) is 0 Å². The number of aromatic nitrogens is 3.